The van der Waals surface area contributed by atoms with Crippen molar-refractivity contribution in [2.24, 2.45) is 5.73 Å². The molecule has 0 fully saturated rings. The summed E-state index contributed by atoms with van der Waals surface area (Å²) in [5.74, 6) is 0.921. The lowest BCUT2D eigenvalue weighted by atomic mass is 10.1. The van der Waals surface area contributed by atoms with Gasteiger partial charge in [-0.3, -0.25) is 4.79 Å². The Hall–Kier alpha value is -3.29. The molecule has 7 heteroatoms. The molecule has 3 N–H and O–H groups in total. The third-order valence-corrected chi connectivity index (χ3v) is 5.38. The summed E-state index contributed by atoms with van der Waals surface area (Å²) in [6.07, 6.45) is 0. The van der Waals surface area contributed by atoms with E-state index in [1.165, 1.54) is 0 Å². The van der Waals surface area contributed by atoms with Crippen molar-refractivity contribution in [3.05, 3.63) is 76.9 Å². The van der Waals surface area contributed by atoms with Crippen LogP contribution in [-0.4, -0.2) is 23.0 Å². The van der Waals surface area contributed by atoms with Crippen LogP contribution in [0.3, 0.4) is 0 Å². The van der Waals surface area contributed by atoms with Crippen molar-refractivity contribution in [1.29, 1.82) is 0 Å². The van der Waals surface area contributed by atoms with E-state index in [4.69, 9.17) is 10.5 Å². The number of rotatable bonds is 7. The summed E-state index contributed by atoms with van der Waals surface area (Å²) in [6.45, 7) is 0.837. The zero-order chi connectivity index (χ0) is 20.2. The highest BCUT2D eigenvalue weighted by atomic mass is 32.1. The highest BCUT2D eigenvalue weighted by molar-refractivity contribution is 7.17. The second kappa shape index (κ2) is 8.38. The van der Waals surface area contributed by atoms with Gasteiger partial charge in [0.05, 0.1) is 5.39 Å². The number of amides is 1. The number of thiophene rings is 1. The van der Waals surface area contributed by atoms with Gasteiger partial charge in [-0.1, -0.05) is 42.5 Å². The van der Waals surface area contributed by atoms with Gasteiger partial charge < -0.3 is 15.8 Å². The average molecular weight is 404 g/mol. The molecule has 0 unspecified atom stereocenters. The van der Waals surface area contributed by atoms with Crippen LogP contribution in [0.2, 0.25) is 0 Å². The minimum atomic E-state index is -0.442. The quantitative estimate of drug-likeness (QED) is 0.481. The van der Waals surface area contributed by atoms with Crippen molar-refractivity contribution in [3.63, 3.8) is 0 Å². The number of nitrogens with two attached hydrogens (primary N) is 1. The van der Waals surface area contributed by atoms with E-state index in [-0.39, 0.29) is 0 Å². The van der Waals surface area contributed by atoms with Crippen molar-refractivity contribution >= 4 is 33.3 Å². The first-order valence-corrected chi connectivity index (χ1v) is 9.99. The fourth-order valence-electron chi connectivity index (χ4n) is 3.16. The van der Waals surface area contributed by atoms with Gasteiger partial charge in [0.1, 0.15) is 17.3 Å². The zero-order valence-corrected chi connectivity index (χ0v) is 16.7. The van der Waals surface area contributed by atoms with E-state index in [9.17, 15) is 4.79 Å². The predicted molar refractivity (Wildman–Crippen MR) is 116 cm³/mol. The number of benzene rings is 2. The Labute approximate surface area is 172 Å². The molecule has 0 aliphatic rings. The Bertz CT molecular complexity index is 1160. The number of ether oxygens (including phenoxy) is 1. The highest BCUT2D eigenvalue weighted by Gasteiger charge is 2.15. The standard InChI is InChI=1S/C22H20N4O2S/c1-28-12-18-25-21(24-11-14-6-5-9-16(10-14)20(23)27)19-17(13-29-22(19)26-18)15-7-3-2-4-8-15/h2-10,13H,11-12H2,1H3,(H2,23,27)(H,24,25,26). The van der Waals surface area contributed by atoms with Crippen LogP contribution in [0.4, 0.5) is 5.82 Å². The number of fused-ring (bicyclic) bond motifs is 1. The molecule has 0 aliphatic carbocycles. The summed E-state index contributed by atoms with van der Waals surface area (Å²) < 4.78 is 5.23. The van der Waals surface area contributed by atoms with Crippen LogP contribution < -0.4 is 11.1 Å². The van der Waals surface area contributed by atoms with Gasteiger partial charge in [-0.05, 0) is 23.3 Å². The topological polar surface area (TPSA) is 90.1 Å². The minimum Gasteiger partial charge on any atom is -0.377 e. The molecule has 4 rings (SSSR count). The molecule has 2 heterocycles. The number of aromatic nitrogens is 2. The number of carbonyl (C=O) groups excluding carboxylic acids is 1. The molecule has 6 nitrogen and oxygen atoms in total. The Balaban J connectivity index is 1.74. The van der Waals surface area contributed by atoms with E-state index in [0.717, 1.165) is 32.7 Å². The van der Waals surface area contributed by atoms with Gasteiger partial charge in [0.25, 0.3) is 0 Å². The second-order valence-corrected chi connectivity index (χ2v) is 7.39. The van der Waals surface area contributed by atoms with Gasteiger partial charge in [-0.2, -0.15) is 0 Å². The molecule has 0 bridgehead atoms. The number of anilines is 1. The molecular formula is C22H20N4O2S. The van der Waals surface area contributed by atoms with Gasteiger partial charge in [-0.15, -0.1) is 11.3 Å². The fourth-order valence-corrected chi connectivity index (χ4v) is 4.12. The van der Waals surface area contributed by atoms with E-state index in [1.54, 1.807) is 30.6 Å². The maximum Gasteiger partial charge on any atom is 0.248 e. The van der Waals surface area contributed by atoms with Gasteiger partial charge >= 0.3 is 0 Å². The third kappa shape index (κ3) is 4.11. The normalized spacial score (nSPS) is 10.9. The van der Waals surface area contributed by atoms with Gasteiger partial charge in [0.2, 0.25) is 5.91 Å². The molecular weight excluding hydrogens is 384 g/mol. The molecule has 2 aromatic heterocycles. The lowest BCUT2D eigenvalue weighted by Gasteiger charge is -2.11. The van der Waals surface area contributed by atoms with Crippen molar-refractivity contribution < 1.29 is 9.53 Å². The average Bonchev–Trinajstić information content (AvgIpc) is 3.17. The molecule has 29 heavy (non-hydrogen) atoms. The number of carbonyl (C=O) groups is 1. The Morgan fingerprint density at radius 1 is 1.14 bits per heavy atom. The molecule has 0 radical (unpaired) electrons. The monoisotopic (exact) mass is 404 g/mol. The van der Waals surface area contributed by atoms with Crippen molar-refractivity contribution in [2.45, 2.75) is 13.2 Å². The Kier molecular flexibility index (Phi) is 5.50. The van der Waals surface area contributed by atoms with Gasteiger partial charge in [-0.25, -0.2) is 9.97 Å². The van der Waals surface area contributed by atoms with Crippen LogP contribution in [0.15, 0.2) is 60.0 Å². The minimum absolute atomic E-state index is 0.334. The Morgan fingerprint density at radius 3 is 2.72 bits per heavy atom. The number of methoxy groups -OCH3 is 1. The fraction of sp³-hybridized carbons (Fsp3) is 0.136. The SMILES string of the molecule is COCc1nc(NCc2cccc(C(N)=O)c2)c2c(-c3ccccc3)csc2n1. The summed E-state index contributed by atoms with van der Waals surface area (Å²) >= 11 is 1.58. The van der Waals surface area contributed by atoms with Crippen LogP contribution in [-0.2, 0) is 17.9 Å². The van der Waals surface area contributed by atoms with E-state index < -0.39 is 5.91 Å². The largest absolute Gasteiger partial charge is 0.377 e. The van der Waals surface area contributed by atoms with Crippen LogP contribution in [0, 0.1) is 0 Å². The second-order valence-electron chi connectivity index (χ2n) is 6.54. The molecule has 0 saturated heterocycles. The first-order valence-electron chi connectivity index (χ1n) is 9.11. The van der Waals surface area contributed by atoms with Crippen LogP contribution in [0.1, 0.15) is 21.7 Å². The van der Waals surface area contributed by atoms with Gasteiger partial charge in [0, 0.05) is 30.2 Å². The molecule has 0 spiro atoms. The molecule has 0 aliphatic heterocycles. The Morgan fingerprint density at radius 2 is 1.97 bits per heavy atom. The molecule has 1 amide bonds. The maximum absolute atomic E-state index is 11.5. The molecule has 146 valence electrons. The number of nitrogens with zero attached hydrogens (tertiary/aromatic N) is 2. The lowest BCUT2D eigenvalue weighted by molar-refractivity contribution is 0.1000. The van der Waals surface area contributed by atoms with E-state index >= 15 is 0 Å². The summed E-state index contributed by atoms with van der Waals surface area (Å²) in [4.78, 5) is 21.7. The summed E-state index contributed by atoms with van der Waals surface area (Å²) in [5, 5.41) is 6.49. The number of nitrogens with one attached hydrogen (secondary N) is 1. The van der Waals surface area contributed by atoms with Crippen molar-refractivity contribution in [1.82, 2.24) is 9.97 Å². The molecule has 0 atom stereocenters. The number of hydrogen-bond donors (Lipinski definition) is 2. The van der Waals surface area contributed by atoms with Crippen molar-refractivity contribution in [3.8, 4) is 11.1 Å². The van der Waals surface area contributed by atoms with E-state index in [1.807, 2.05) is 30.3 Å². The van der Waals surface area contributed by atoms with E-state index in [2.05, 4.69) is 32.8 Å². The first-order chi connectivity index (χ1) is 14.2. The summed E-state index contributed by atoms with van der Waals surface area (Å²) in [6, 6.07) is 17.4. The highest BCUT2D eigenvalue weighted by Crippen LogP contribution is 2.37. The first kappa shape index (κ1) is 19.0. The lowest BCUT2D eigenvalue weighted by Crippen LogP contribution is -2.12. The number of hydrogen-bond acceptors (Lipinski definition) is 6. The van der Waals surface area contributed by atoms with Crippen LogP contribution in [0.5, 0.6) is 0 Å². The van der Waals surface area contributed by atoms with Crippen LogP contribution >= 0.6 is 11.3 Å². The molecule has 4 aromatic rings. The smallest absolute Gasteiger partial charge is 0.248 e. The van der Waals surface area contributed by atoms with E-state index in [0.29, 0.717) is 24.5 Å². The third-order valence-electron chi connectivity index (χ3n) is 4.51. The number of primary amides is 1. The molecule has 2 aromatic carbocycles. The maximum atomic E-state index is 11.5. The van der Waals surface area contributed by atoms with Crippen LogP contribution in [0.25, 0.3) is 21.3 Å². The zero-order valence-electron chi connectivity index (χ0n) is 15.9. The van der Waals surface area contributed by atoms with Gasteiger partial charge in [0.15, 0.2) is 5.82 Å². The summed E-state index contributed by atoms with van der Waals surface area (Å²) in [5.41, 5.74) is 9.02. The summed E-state index contributed by atoms with van der Waals surface area (Å²) in [7, 11) is 1.62. The van der Waals surface area contributed by atoms with Crippen molar-refractivity contribution in [2.75, 3.05) is 12.4 Å². The predicted octanol–water partition coefficient (Wildman–Crippen LogP) is 4.22. The molecule has 0 saturated carbocycles.